The van der Waals surface area contributed by atoms with Gasteiger partial charge in [-0.05, 0) is 56.1 Å². The molecule has 12 heteroatoms. The van der Waals surface area contributed by atoms with Crippen LogP contribution in [0.3, 0.4) is 0 Å². The van der Waals surface area contributed by atoms with Crippen LogP contribution in [0.25, 0.3) is 11.3 Å². The lowest BCUT2D eigenvalue weighted by atomic mass is 10.00. The van der Waals surface area contributed by atoms with Crippen molar-refractivity contribution in [3.63, 3.8) is 0 Å². The fourth-order valence-electron chi connectivity index (χ4n) is 4.74. The van der Waals surface area contributed by atoms with E-state index < -0.39 is 11.7 Å². The van der Waals surface area contributed by atoms with Crippen LogP contribution in [0, 0.1) is 13.8 Å². The first-order valence-corrected chi connectivity index (χ1v) is 13.6. The van der Waals surface area contributed by atoms with Gasteiger partial charge in [0.15, 0.2) is 0 Å². The number of hydrogen-bond acceptors (Lipinski definition) is 8. The summed E-state index contributed by atoms with van der Waals surface area (Å²) < 4.78 is 54.2. The zero-order valence-electron chi connectivity index (χ0n) is 22.7. The molecular weight excluding hydrogens is 539 g/mol. The molecule has 1 aliphatic heterocycles. The van der Waals surface area contributed by atoms with Gasteiger partial charge < -0.3 is 14.5 Å². The van der Waals surface area contributed by atoms with Gasteiger partial charge >= 0.3 is 6.18 Å². The average Bonchev–Trinajstić information content (AvgIpc) is 3.32. The first-order chi connectivity index (χ1) is 19.1. The number of anilines is 2. The molecule has 2 aromatic carbocycles. The predicted molar refractivity (Wildman–Crippen MR) is 151 cm³/mol. The van der Waals surface area contributed by atoms with Crippen LogP contribution in [-0.4, -0.2) is 57.9 Å². The van der Waals surface area contributed by atoms with E-state index in [-0.39, 0.29) is 23.3 Å². The SMILES string of the molecule is Cc1cccc(C)c1-c1cc(Oc2cccc(N3CCN(C)CC3)c2C(F)(F)F)nc(NSc2cnn(C)c2)n1. The number of aromatic nitrogens is 4. The Kier molecular flexibility index (Phi) is 7.90. The van der Waals surface area contributed by atoms with Gasteiger partial charge in [0.2, 0.25) is 11.8 Å². The van der Waals surface area contributed by atoms with Crippen molar-refractivity contribution in [3.05, 3.63) is 71.5 Å². The van der Waals surface area contributed by atoms with E-state index in [0.717, 1.165) is 21.6 Å². The third-order valence-electron chi connectivity index (χ3n) is 6.73. The van der Waals surface area contributed by atoms with Crippen LogP contribution in [0.4, 0.5) is 24.8 Å². The van der Waals surface area contributed by atoms with E-state index >= 15 is 0 Å². The molecule has 1 aliphatic rings. The molecule has 40 heavy (non-hydrogen) atoms. The Hall–Kier alpha value is -3.77. The number of halogens is 3. The second-order valence-corrected chi connectivity index (χ2v) is 10.7. The number of piperazine rings is 1. The molecule has 8 nitrogen and oxygen atoms in total. The van der Waals surface area contributed by atoms with Gasteiger partial charge in [-0.2, -0.15) is 23.3 Å². The molecule has 1 saturated heterocycles. The molecule has 5 rings (SSSR count). The largest absolute Gasteiger partial charge is 0.438 e. The molecule has 0 saturated carbocycles. The summed E-state index contributed by atoms with van der Waals surface area (Å²) >= 11 is 1.25. The van der Waals surface area contributed by atoms with Crippen molar-refractivity contribution >= 4 is 23.6 Å². The fourth-order valence-corrected chi connectivity index (χ4v) is 5.34. The highest BCUT2D eigenvalue weighted by molar-refractivity contribution is 8.00. The molecule has 210 valence electrons. The zero-order chi connectivity index (χ0) is 28.4. The summed E-state index contributed by atoms with van der Waals surface area (Å²) in [5.74, 6) is -0.100. The quantitative estimate of drug-likeness (QED) is 0.265. The van der Waals surface area contributed by atoms with Gasteiger partial charge in [-0.3, -0.25) is 9.40 Å². The average molecular weight is 570 g/mol. The highest BCUT2D eigenvalue weighted by Crippen LogP contribution is 2.44. The van der Waals surface area contributed by atoms with Crippen LogP contribution in [0.1, 0.15) is 16.7 Å². The second kappa shape index (κ2) is 11.4. The maximum atomic E-state index is 14.5. The molecule has 3 heterocycles. The molecule has 4 aromatic rings. The lowest BCUT2D eigenvalue weighted by Gasteiger charge is -2.35. The fraction of sp³-hybridized carbons (Fsp3) is 0.321. The summed E-state index contributed by atoms with van der Waals surface area (Å²) in [6.07, 6.45) is -1.12. The van der Waals surface area contributed by atoms with E-state index in [1.807, 2.05) is 52.3 Å². The van der Waals surface area contributed by atoms with Gasteiger partial charge in [-0.25, -0.2) is 4.98 Å². The Bertz CT molecular complexity index is 1480. The molecule has 0 radical (unpaired) electrons. The van der Waals surface area contributed by atoms with Gasteiger partial charge in [-0.15, -0.1) is 0 Å². The van der Waals surface area contributed by atoms with Crippen molar-refractivity contribution in [3.8, 4) is 22.9 Å². The molecule has 0 amide bonds. The number of nitrogens with zero attached hydrogens (tertiary/aromatic N) is 6. The van der Waals surface area contributed by atoms with E-state index in [1.165, 1.54) is 24.1 Å². The van der Waals surface area contributed by atoms with E-state index in [0.29, 0.717) is 31.9 Å². The number of ether oxygens (including phenoxy) is 1. The maximum Gasteiger partial charge on any atom is 0.421 e. The smallest absolute Gasteiger partial charge is 0.421 e. The molecule has 1 N–H and O–H groups in total. The minimum absolute atomic E-state index is 0.00275. The normalized spacial score (nSPS) is 14.4. The van der Waals surface area contributed by atoms with Crippen molar-refractivity contribution in [2.45, 2.75) is 24.9 Å². The van der Waals surface area contributed by atoms with Crippen molar-refractivity contribution in [2.24, 2.45) is 7.05 Å². The van der Waals surface area contributed by atoms with E-state index in [2.05, 4.69) is 24.7 Å². The topological polar surface area (TPSA) is 71.3 Å². The second-order valence-electron chi connectivity index (χ2n) is 9.78. The standard InChI is InChI=1S/C28H30F3N7OS/c1-18-7-5-8-19(2)25(18)21-15-24(34-27(33-21)35-40-20-16-32-37(4)17-20)39-23-10-6-9-22(26(23)28(29,30)31)38-13-11-36(3)12-14-38/h5-10,15-17H,11-14H2,1-4H3,(H,33,34,35). The maximum absolute atomic E-state index is 14.5. The Balaban J connectivity index is 1.55. The monoisotopic (exact) mass is 569 g/mol. The van der Waals surface area contributed by atoms with E-state index in [1.54, 1.807) is 27.9 Å². The molecule has 0 unspecified atom stereocenters. The van der Waals surface area contributed by atoms with Gasteiger partial charge in [0.05, 0.1) is 22.5 Å². The Labute approximate surface area is 235 Å². The van der Waals surface area contributed by atoms with Crippen molar-refractivity contribution in [1.82, 2.24) is 24.6 Å². The summed E-state index contributed by atoms with van der Waals surface area (Å²) in [6.45, 7) is 6.27. The number of nitrogens with one attached hydrogen (secondary N) is 1. The summed E-state index contributed by atoms with van der Waals surface area (Å²) in [4.78, 5) is 13.8. The molecular formula is C28H30F3N7OS. The Morgan fingerprint density at radius 1 is 0.950 bits per heavy atom. The van der Waals surface area contributed by atoms with E-state index in [4.69, 9.17) is 4.74 Å². The molecule has 0 spiro atoms. The third kappa shape index (κ3) is 6.18. The Morgan fingerprint density at radius 3 is 2.30 bits per heavy atom. The van der Waals surface area contributed by atoms with Gasteiger partial charge in [0.25, 0.3) is 0 Å². The lowest BCUT2D eigenvalue weighted by molar-refractivity contribution is -0.138. The minimum atomic E-state index is -4.63. The third-order valence-corrected chi connectivity index (χ3v) is 7.46. The number of rotatable bonds is 7. The van der Waals surface area contributed by atoms with Crippen molar-refractivity contribution < 1.29 is 17.9 Å². The Morgan fingerprint density at radius 2 is 1.65 bits per heavy atom. The van der Waals surface area contributed by atoms with Gasteiger partial charge in [0, 0.05) is 51.1 Å². The molecule has 0 aliphatic carbocycles. The minimum Gasteiger partial charge on any atom is -0.438 e. The number of aryl methyl sites for hydroxylation is 3. The van der Waals surface area contributed by atoms with Crippen LogP contribution in [0.15, 0.2) is 59.8 Å². The lowest BCUT2D eigenvalue weighted by Crippen LogP contribution is -2.45. The molecule has 0 atom stereocenters. The molecule has 2 aromatic heterocycles. The van der Waals surface area contributed by atoms with Crippen molar-refractivity contribution in [2.75, 3.05) is 42.8 Å². The number of hydrogen-bond donors (Lipinski definition) is 1. The molecule has 1 fully saturated rings. The van der Waals surface area contributed by atoms with Crippen LogP contribution < -0.4 is 14.4 Å². The first kappa shape index (κ1) is 27.8. The van der Waals surface area contributed by atoms with E-state index in [9.17, 15) is 13.2 Å². The molecule has 0 bridgehead atoms. The number of alkyl halides is 3. The van der Waals surface area contributed by atoms with Crippen LogP contribution in [0.5, 0.6) is 11.6 Å². The highest BCUT2D eigenvalue weighted by atomic mass is 32.2. The van der Waals surface area contributed by atoms with Gasteiger partial charge in [-0.1, -0.05) is 24.3 Å². The van der Waals surface area contributed by atoms with Crippen LogP contribution >= 0.6 is 11.9 Å². The number of benzene rings is 2. The summed E-state index contributed by atoms with van der Waals surface area (Å²) in [5, 5.41) is 4.15. The highest BCUT2D eigenvalue weighted by Gasteiger charge is 2.39. The summed E-state index contributed by atoms with van der Waals surface area (Å²) in [7, 11) is 3.77. The predicted octanol–water partition coefficient (Wildman–Crippen LogP) is 6.18. The van der Waals surface area contributed by atoms with Crippen LogP contribution in [0.2, 0.25) is 0 Å². The number of likely N-dealkylation sites (N-methyl/N-ethyl adjacent to an activating group) is 1. The summed E-state index contributed by atoms with van der Waals surface area (Å²) in [6, 6.07) is 11.9. The zero-order valence-corrected chi connectivity index (χ0v) is 23.5. The van der Waals surface area contributed by atoms with Gasteiger partial charge in [0.1, 0.15) is 11.3 Å². The summed E-state index contributed by atoms with van der Waals surface area (Å²) in [5.41, 5.74) is 2.65. The first-order valence-electron chi connectivity index (χ1n) is 12.8. The van der Waals surface area contributed by atoms with Crippen molar-refractivity contribution in [1.29, 1.82) is 0 Å². The van der Waals surface area contributed by atoms with Crippen LogP contribution in [-0.2, 0) is 13.2 Å².